The first-order valence-corrected chi connectivity index (χ1v) is 10.4. The third kappa shape index (κ3) is 5.68. The van der Waals surface area contributed by atoms with Crippen LogP contribution in [0.3, 0.4) is 0 Å². The highest BCUT2D eigenvalue weighted by atomic mass is 16.5. The van der Waals surface area contributed by atoms with Crippen LogP contribution in [0.2, 0.25) is 0 Å². The second-order valence-corrected chi connectivity index (χ2v) is 8.69. The minimum Gasteiger partial charge on any atom is -0.378 e. The molecule has 3 rings (SSSR count). The topological polar surface area (TPSA) is 24.8 Å². The molecule has 1 aliphatic heterocycles. The minimum atomic E-state index is -0.0204. The first kappa shape index (κ1) is 20.6. The van der Waals surface area contributed by atoms with Crippen molar-refractivity contribution in [1.82, 2.24) is 0 Å². The van der Waals surface area contributed by atoms with Crippen LogP contribution in [-0.4, -0.2) is 39.1 Å². The Balaban J connectivity index is 1.65. The average Bonchev–Trinajstić information content (AvgIpc) is 2.68. The van der Waals surface area contributed by atoms with Gasteiger partial charge in [0, 0.05) is 39.1 Å². The fraction of sp³-hybridized carbons (Fsp3) is 0.480. The van der Waals surface area contributed by atoms with Crippen molar-refractivity contribution in [3.63, 3.8) is 0 Å². The Labute approximate surface area is 170 Å². The van der Waals surface area contributed by atoms with Crippen LogP contribution in [-0.2, 0) is 4.74 Å². The van der Waals surface area contributed by atoms with Crippen LogP contribution >= 0.6 is 0 Å². The molecule has 0 aromatic heterocycles. The van der Waals surface area contributed by atoms with E-state index in [9.17, 15) is 0 Å². The van der Waals surface area contributed by atoms with Gasteiger partial charge in [0.1, 0.15) is 0 Å². The van der Waals surface area contributed by atoms with E-state index in [4.69, 9.17) is 9.73 Å². The normalized spacial score (nSPS) is 20.2. The van der Waals surface area contributed by atoms with E-state index < -0.39 is 0 Å². The van der Waals surface area contributed by atoms with Crippen molar-refractivity contribution in [1.29, 1.82) is 0 Å². The summed E-state index contributed by atoms with van der Waals surface area (Å²) in [4.78, 5) is 6.85. The highest BCUT2D eigenvalue weighted by molar-refractivity contribution is 5.80. The summed E-state index contributed by atoms with van der Waals surface area (Å²) in [5, 5.41) is 0. The molecule has 0 N–H and O–H groups in total. The minimum absolute atomic E-state index is 0.0204. The number of anilines is 1. The number of benzene rings is 2. The van der Waals surface area contributed by atoms with E-state index in [1.165, 1.54) is 11.3 Å². The van der Waals surface area contributed by atoms with Crippen LogP contribution in [0.25, 0.3) is 0 Å². The van der Waals surface area contributed by atoms with Crippen molar-refractivity contribution < 1.29 is 4.74 Å². The molecule has 3 heteroatoms. The van der Waals surface area contributed by atoms with Gasteiger partial charge >= 0.3 is 0 Å². The molecular formula is C25H34N2O. The van der Waals surface area contributed by atoms with Crippen molar-refractivity contribution in [2.45, 2.75) is 44.6 Å². The van der Waals surface area contributed by atoms with Crippen molar-refractivity contribution in [3.8, 4) is 0 Å². The van der Waals surface area contributed by atoms with Crippen LogP contribution in [0, 0.1) is 5.92 Å². The number of hydrogen-bond acceptors (Lipinski definition) is 3. The summed E-state index contributed by atoms with van der Waals surface area (Å²) in [6.07, 6.45) is 5.34. The van der Waals surface area contributed by atoms with Crippen LogP contribution in [0.4, 0.5) is 5.69 Å². The summed E-state index contributed by atoms with van der Waals surface area (Å²) in [6.45, 7) is 6.16. The molecule has 0 saturated carbocycles. The lowest BCUT2D eigenvalue weighted by atomic mass is 9.75. The van der Waals surface area contributed by atoms with Crippen molar-refractivity contribution >= 4 is 11.9 Å². The number of hydrogen-bond donors (Lipinski definition) is 0. The quantitative estimate of drug-likeness (QED) is 0.590. The Kier molecular flexibility index (Phi) is 6.90. The Morgan fingerprint density at radius 3 is 2.46 bits per heavy atom. The molecule has 0 aliphatic carbocycles. The number of aliphatic imine (C=N–C) groups is 1. The van der Waals surface area contributed by atoms with E-state index in [-0.39, 0.29) is 5.60 Å². The predicted octanol–water partition coefficient (Wildman–Crippen LogP) is 5.55. The van der Waals surface area contributed by atoms with Gasteiger partial charge in [0.05, 0.1) is 5.60 Å². The Morgan fingerprint density at radius 1 is 1.11 bits per heavy atom. The number of nitrogens with zero attached hydrogens (tertiary/aromatic N) is 2. The molecule has 2 aromatic rings. The molecule has 0 spiro atoms. The highest BCUT2D eigenvalue weighted by Gasteiger charge is 2.33. The molecule has 1 saturated heterocycles. The van der Waals surface area contributed by atoms with Crippen molar-refractivity contribution in [2.24, 2.45) is 10.9 Å². The zero-order valence-corrected chi connectivity index (χ0v) is 17.8. The molecule has 1 heterocycles. The van der Waals surface area contributed by atoms with Crippen LogP contribution in [0.5, 0.6) is 0 Å². The smallest absolute Gasteiger partial charge is 0.0629 e. The van der Waals surface area contributed by atoms with Crippen LogP contribution < -0.4 is 4.90 Å². The molecule has 0 radical (unpaired) electrons. The van der Waals surface area contributed by atoms with Gasteiger partial charge in [0.25, 0.3) is 0 Å². The monoisotopic (exact) mass is 378 g/mol. The molecule has 0 amide bonds. The third-order valence-electron chi connectivity index (χ3n) is 5.75. The number of ether oxygens (including phenoxy) is 1. The zero-order valence-electron chi connectivity index (χ0n) is 17.8. The molecule has 0 bridgehead atoms. The predicted molar refractivity (Wildman–Crippen MR) is 120 cm³/mol. The van der Waals surface area contributed by atoms with Gasteiger partial charge in [-0.15, -0.1) is 0 Å². The molecule has 3 nitrogen and oxygen atoms in total. The zero-order chi connectivity index (χ0) is 20.0. The van der Waals surface area contributed by atoms with E-state index in [0.717, 1.165) is 38.0 Å². The summed E-state index contributed by atoms with van der Waals surface area (Å²) in [5.41, 5.74) is 3.79. The largest absolute Gasteiger partial charge is 0.378 e. The van der Waals surface area contributed by atoms with Gasteiger partial charge in [-0.05, 0) is 68.2 Å². The van der Waals surface area contributed by atoms with Crippen LogP contribution in [0.15, 0.2) is 59.6 Å². The number of rotatable bonds is 7. The first-order valence-electron chi connectivity index (χ1n) is 10.4. The summed E-state index contributed by atoms with van der Waals surface area (Å²) < 4.78 is 5.96. The molecule has 150 valence electrons. The summed E-state index contributed by atoms with van der Waals surface area (Å²) in [6, 6.07) is 19.5. The average molecular weight is 379 g/mol. The molecular weight excluding hydrogens is 344 g/mol. The van der Waals surface area contributed by atoms with Gasteiger partial charge in [-0.1, -0.05) is 42.5 Å². The van der Waals surface area contributed by atoms with E-state index in [1.54, 1.807) is 0 Å². The van der Waals surface area contributed by atoms with Crippen molar-refractivity contribution in [3.05, 3.63) is 65.7 Å². The Morgan fingerprint density at radius 2 is 1.82 bits per heavy atom. The molecule has 28 heavy (non-hydrogen) atoms. The molecule has 1 aliphatic rings. The molecule has 0 unspecified atom stereocenters. The van der Waals surface area contributed by atoms with Crippen molar-refractivity contribution in [2.75, 3.05) is 32.1 Å². The van der Waals surface area contributed by atoms with Gasteiger partial charge in [0.2, 0.25) is 0 Å². The van der Waals surface area contributed by atoms with E-state index in [0.29, 0.717) is 11.8 Å². The van der Waals surface area contributed by atoms with Gasteiger partial charge in [-0.3, -0.25) is 4.99 Å². The standard InChI is InChI=1S/C25H34N2O/c1-25(2)18-22(15-17-28-25)24(21-8-6-5-7-9-21)14-16-26-19-20-10-12-23(13-11-20)27(3)4/h5-13,19,22,24H,14-18H2,1-4H3/t22-,24-/m1/s1. The van der Waals surface area contributed by atoms with Crippen LogP contribution in [0.1, 0.15) is 50.2 Å². The maximum absolute atomic E-state index is 5.96. The molecule has 2 atom stereocenters. The fourth-order valence-corrected chi connectivity index (χ4v) is 4.24. The SMILES string of the molecule is CN(C)c1ccc(C=NCC[C@H](c2ccccc2)[C@@H]2CCOC(C)(C)C2)cc1. The lowest BCUT2D eigenvalue weighted by molar-refractivity contribution is -0.0771. The van der Waals surface area contributed by atoms with Gasteiger partial charge in [-0.25, -0.2) is 0 Å². The van der Waals surface area contributed by atoms with Gasteiger partial charge in [-0.2, -0.15) is 0 Å². The highest BCUT2D eigenvalue weighted by Crippen LogP contribution is 2.39. The maximum atomic E-state index is 5.96. The summed E-state index contributed by atoms with van der Waals surface area (Å²) in [7, 11) is 4.12. The summed E-state index contributed by atoms with van der Waals surface area (Å²) in [5.74, 6) is 1.19. The first-order chi connectivity index (χ1) is 13.4. The summed E-state index contributed by atoms with van der Waals surface area (Å²) >= 11 is 0. The Hall–Kier alpha value is -2.13. The van der Waals surface area contributed by atoms with E-state index in [1.807, 2.05) is 6.21 Å². The molecule has 2 aromatic carbocycles. The fourth-order valence-electron chi connectivity index (χ4n) is 4.24. The van der Waals surface area contributed by atoms with Gasteiger partial charge in [0.15, 0.2) is 0 Å². The Bertz CT molecular complexity index is 750. The van der Waals surface area contributed by atoms with E-state index >= 15 is 0 Å². The maximum Gasteiger partial charge on any atom is 0.0629 e. The van der Waals surface area contributed by atoms with Gasteiger partial charge < -0.3 is 9.64 Å². The lowest BCUT2D eigenvalue weighted by Gasteiger charge is -2.39. The third-order valence-corrected chi connectivity index (χ3v) is 5.75. The lowest BCUT2D eigenvalue weighted by Crippen LogP contribution is -2.36. The molecule has 1 fully saturated rings. The van der Waals surface area contributed by atoms with E-state index in [2.05, 4.69) is 87.4 Å². The second kappa shape index (κ2) is 9.38. The second-order valence-electron chi connectivity index (χ2n) is 8.69.